The van der Waals surface area contributed by atoms with Crippen molar-refractivity contribution >= 4 is 23.2 Å². The molecule has 0 saturated carbocycles. The smallest absolute Gasteiger partial charge is 0.283 e. The van der Waals surface area contributed by atoms with E-state index < -0.39 is 10.8 Å². The quantitative estimate of drug-likeness (QED) is 0.658. The molecule has 6 nitrogen and oxygen atoms in total. The first kappa shape index (κ1) is 16.4. The maximum absolute atomic E-state index is 12.2. The van der Waals surface area contributed by atoms with Gasteiger partial charge in [0.25, 0.3) is 11.6 Å². The van der Waals surface area contributed by atoms with Crippen LogP contribution in [0.4, 0.5) is 5.69 Å². The zero-order chi connectivity index (χ0) is 15.5. The molecule has 0 bridgehead atoms. The number of carbonyl (C=O) groups excluding carboxylic acids is 1. The molecule has 0 aliphatic rings. The Bertz CT molecular complexity index is 526. The normalized spacial score (nSPS) is 12.8. The van der Waals surface area contributed by atoms with Crippen LogP contribution in [0.15, 0.2) is 18.2 Å². The fourth-order valence-electron chi connectivity index (χ4n) is 1.71. The topological polar surface area (TPSA) is 98.3 Å². The van der Waals surface area contributed by atoms with Crippen molar-refractivity contribution in [3.05, 3.63) is 38.9 Å². The molecular formula is C13H18ClN3O3. The number of nitrogens with zero attached hydrogens (tertiary/aromatic N) is 1. The van der Waals surface area contributed by atoms with Gasteiger partial charge in [0.1, 0.15) is 5.56 Å². The van der Waals surface area contributed by atoms with Gasteiger partial charge in [-0.05, 0) is 17.5 Å². The Kier molecular flexibility index (Phi) is 5.08. The van der Waals surface area contributed by atoms with Crippen molar-refractivity contribution in [2.24, 2.45) is 11.1 Å². The molecule has 20 heavy (non-hydrogen) atoms. The van der Waals surface area contributed by atoms with Crippen LogP contribution in [-0.2, 0) is 0 Å². The summed E-state index contributed by atoms with van der Waals surface area (Å²) in [6, 6.07) is 3.65. The average molecular weight is 300 g/mol. The van der Waals surface area contributed by atoms with Crippen LogP contribution in [0.5, 0.6) is 0 Å². The Morgan fingerprint density at radius 3 is 2.55 bits per heavy atom. The Hall–Kier alpha value is -1.66. The molecule has 1 atom stereocenters. The van der Waals surface area contributed by atoms with Gasteiger partial charge in [0.15, 0.2) is 0 Å². The summed E-state index contributed by atoms with van der Waals surface area (Å²) in [5.41, 5.74) is 5.05. The van der Waals surface area contributed by atoms with E-state index in [1.165, 1.54) is 12.1 Å². The molecule has 110 valence electrons. The van der Waals surface area contributed by atoms with Gasteiger partial charge in [-0.25, -0.2) is 0 Å². The van der Waals surface area contributed by atoms with Gasteiger partial charge in [-0.2, -0.15) is 0 Å². The van der Waals surface area contributed by atoms with Crippen LogP contribution in [0.25, 0.3) is 0 Å². The van der Waals surface area contributed by atoms with Crippen molar-refractivity contribution in [3.63, 3.8) is 0 Å². The second-order valence-corrected chi connectivity index (χ2v) is 5.98. The summed E-state index contributed by atoms with van der Waals surface area (Å²) in [5.74, 6) is -0.529. The van der Waals surface area contributed by atoms with E-state index in [9.17, 15) is 14.9 Å². The van der Waals surface area contributed by atoms with Crippen LogP contribution in [0, 0.1) is 15.5 Å². The predicted molar refractivity (Wildman–Crippen MR) is 77.9 cm³/mol. The maximum atomic E-state index is 12.2. The number of nitrogens with two attached hydrogens (primary N) is 1. The highest BCUT2D eigenvalue weighted by Gasteiger charge is 2.28. The molecule has 0 radical (unpaired) electrons. The van der Waals surface area contributed by atoms with Crippen molar-refractivity contribution in [2.75, 3.05) is 6.54 Å². The van der Waals surface area contributed by atoms with Gasteiger partial charge in [-0.1, -0.05) is 32.4 Å². The van der Waals surface area contributed by atoms with Gasteiger partial charge < -0.3 is 11.1 Å². The summed E-state index contributed by atoms with van der Waals surface area (Å²) in [4.78, 5) is 22.5. The fraction of sp³-hybridized carbons (Fsp3) is 0.462. The van der Waals surface area contributed by atoms with Gasteiger partial charge in [0.2, 0.25) is 0 Å². The number of carbonyl (C=O) groups is 1. The molecule has 0 aromatic heterocycles. The van der Waals surface area contributed by atoms with Gasteiger partial charge in [0.05, 0.1) is 4.92 Å². The van der Waals surface area contributed by atoms with E-state index in [0.29, 0.717) is 0 Å². The molecule has 0 spiro atoms. The number of rotatable bonds is 4. The number of benzene rings is 1. The first-order valence-electron chi connectivity index (χ1n) is 6.11. The summed E-state index contributed by atoms with van der Waals surface area (Å²) in [7, 11) is 0. The van der Waals surface area contributed by atoms with Crippen LogP contribution in [0.1, 0.15) is 31.1 Å². The molecule has 0 heterocycles. The van der Waals surface area contributed by atoms with Gasteiger partial charge in [0, 0.05) is 23.7 Å². The Balaban J connectivity index is 3.07. The number of hydrogen-bond donors (Lipinski definition) is 2. The monoisotopic (exact) mass is 299 g/mol. The van der Waals surface area contributed by atoms with E-state index in [4.69, 9.17) is 17.3 Å². The standard InChI is InChI=1S/C13H18ClN3O3/c1-13(2,3)11(7-15)16-12(18)9-5-4-8(14)6-10(9)17(19)20/h4-6,11H,7,15H2,1-3H3,(H,16,18). The van der Waals surface area contributed by atoms with Crippen molar-refractivity contribution in [1.29, 1.82) is 0 Å². The predicted octanol–water partition coefficient (Wildman–Crippen LogP) is 2.35. The number of hydrogen-bond acceptors (Lipinski definition) is 4. The largest absolute Gasteiger partial charge is 0.347 e. The number of nitro groups is 1. The van der Waals surface area contributed by atoms with E-state index in [1.807, 2.05) is 20.8 Å². The lowest BCUT2D eigenvalue weighted by Crippen LogP contribution is -2.48. The molecule has 1 unspecified atom stereocenters. The molecular weight excluding hydrogens is 282 g/mol. The minimum absolute atomic E-state index is 0.0258. The van der Waals surface area contributed by atoms with Crippen LogP contribution in [0.3, 0.4) is 0 Å². The highest BCUT2D eigenvalue weighted by atomic mass is 35.5. The third-order valence-corrected chi connectivity index (χ3v) is 3.22. The molecule has 0 fully saturated rings. The molecule has 1 aromatic rings. The van der Waals surface area contributed by atoms with Crippen LogP contribution in [-0.4, -0.2) is 23.4 Å². The van der Waals surface area contributed by atoms with Gasteiger partial charge >= 0.3 is 0 Å². The van der Waals surface area contributed by atoms with E-state index in [0.717, 1.165) is 6.07 Å². The summed E-state index contributed by atoms with van der Waals surface area (Å²) in [5, 5.41) is 13.9. The maximum Gasteiger partial charge on any atom is 0.283 e. The van der Waals surface area contributed by atoms with E-state index in [2.05, 4.69) is 5.32 Å². The van der Waals surface area contributed by atoms with Gasteiger partial charge in [-0.15, -0.1) is 0 Å². The molecule has 1 rings (SSSR count). The molecule has 0 saturated heterocycles. The van der Waals surface area contributed by atoms with Crippen LogP contribution >= 0.6 is 11.6 Å². The third kappa shape index (κ3) is 3.91. The van der Waals surface area contributed by atoms with E-state index in [1.54, 1.807) is 0 Å². The minimum Gasteiger partial charge on any atom is -0.347 e. The van der Waals surface area contributed by atoms with Crippen LogP contribution < -0.4 is 11.1 Å². The summed E-state index contributed by atoms with van der Waals surface area (Å²) in [6.07, 6.45) is 0. The fourth-order valence-corrected chi connectivity index (χ4v) is 1.88. The Labute approximate surface area is 122 Å². The van der Waals surface area contributed by atoms with Crippen LogP contribution in [0.2, 0.25) is 5.02 Å². The number of amides is 1. The SMILES string of the molecule is CC(C)(C)C(CN)NC(=O)c1ccc(Cl)cc1[N+](=O)[O-]. The molecule has 1 amide bonds. The first-order valence-corrected chi connectivity index (χ1v) is 6.49. The molecule has 0 aliphatic carbocycles. The molecule has 3 N–H and O–H groups in total. The van der Waals surface area contributed by atoms with E-state index in [-0.39, 0.29) is 34.3 Å². The first-order chi connectivity index (χ1) is 9.16. The lowest BCUT2D eigenvalue weighted by atomic mass is 9.86. The molecule has 7 heteroatoms. The average Bonchev–Trinajstić information content (AvgIpc) is 2.33. The zero-order valence-electron chi connectivity index (χ0n) is 11.6. The van der Waals surface area contributed by atoms with E-state index >= 15 is 0 Å². The minimum atomic E-state index is -0.630. The lowest BCUT2D eigenvalue weighted by molar-refractivity contribution is -0.385. The summed E-state index contributed by atoms with van der Waals surface area (Å²) < 4.78 is 0. The van der Waals surface area contributed by atoms with Crippen molar-refractivity contribution in [3.8, 4) is 0 Å². The summed E-state index contributed by atoms with van der Waals surface area (Å²) in [6.45, 7) is 6.04. The lowest BCUT2D eigenvalue weighted by Gasteiger charge is -2.30. The van der Waals surface area contributed by atoms with Crippen molar-refractivity contribution in [1.82, 2.24) is 5.32 Å². The zero-order valence-corrected chi connectivity index (χ0v) is 12.4. The molecule has 1 aromatic carbocycles. The highest BCUT2D eigenvalue weighted by molar-refractivity contribution is 6.31. The Morgan fingerprint density at radius 1 is 1.50 bits per heavy atom. The highest BCUT2D eigenvalue weighted by Crippen LogP contribution is 2.24. The second-order valence-electron chi connectivity index (χ2n) is 5.55. The second kappa shape index (κ2) is 6.19. The number of nitro benzene ring substituents is 1. The number of halogens is 1. The third-order valence-electron chi connectivity index (χ3n) is 2.99. The van der Waals surface area contributed by atoms with Gasteiger partial charge in [-0.3, -0.25) is 14.9 Å². The van der Waals surface area contributed by atoms with Crippen molar-refractivity contribution < 1.29 is 9.72 Å². The summed E-state index contributed by atoms with van der Waals surface area (Å²) >= 11 is 5.72. The van der Waals surface area contributed by atoms with Crippen molar-refractivity contribution in [2.45, 2.75) is 26.8 Å². The Morgan fingerprint density at radius 2 is 2.10 bits per heavy atom. The molecule has 0 aliphatic heterocycles. The number of nitrogens with one attached hydrogen (secondary N) is 1.